The van der Waals surface area contributed by atoms with Gasteiger partial charge in [-0.15, -0.1) is 0 Å². The number of sulfonamides is 1. The second-order valence-corrected chi connectivity index (χ2v) is 6.61. The molecule has 0 spiro atoms. The molecule has 5 nitrogen and oxygen atoms in total. The van der Waals surface area contributed by atoms with Crippen molar-refractivity contribution in [2.45, 2.75) is 44.6 Å². The van der Waals surface area contributed by atoms with E-state index in [9.17, 15) is 8.42 Å². The summed E-state index contributed by atoms with van der Waals surface area (Å²) in [4.78, 5) is 4.25. The second-order valence-electron chi connectivity index (χ2n) is 4.90. The molecule has 6 heteroatoms. The summed E-state index contributed by atoms with van der Waals surface area (Å²) in [6.07, 6.45) is 3.37. The molecule has 0 aliphatic carbocycles. The van der Waals surface area contributed by atoms with Crippen molar-refractivity contribution in [1.29, 1.82) is 0 Å². The number of hydrogen-bond donors (Lipinski definition) is 2. The molecule has 1 heterocycles. The van der Waals surface area contributed by atoms with Gasteiger partial charge >= 0.3 is 0 Å². The third-order valence-corrected chi connectivity index (χ3v) is 4.69. The zero-order chi connectivity index (χ0) is 14.5. The number of pyridine rings is 1. The van der Waals surface area contributed by atoms with Crippen LogP contribution in [0.3, 0.4) is 0 Å². The first kappa shape index (κ1) is 15.9. The van der Waals surface area contributed by atoms with Crippen LogP contribution in [0.1, 0.15) is 33.6 Å². The summed E-state index contributed by atoms with van der Waals surface area (Å²) in [5.74, 6) is 1.04. The highest BCUT2D eigenvalue weighted by atomic mass is 32.2. The first-order valence-electron chi connectivity index (χ1n) is 6.55. The van der Waals surface area contributed by atoms with Gasteiger partial charge < -0.3 is 5.32 Å². The smallest absolute Gasteiger partial charge is 0.240 e. The fraction of sp³-hybridized carbons (Fsp3) is 0.615. The zero-order valence-corrected chi connectivity index (χ0v) is 12.8. The van der Waals surface area contributed by atoms with Gasteiger partial charge in [-0.05, 0) is 25.3 Å². The molecule has 0 fully saturated rings. The Morgan fingerprint density at radius 3 is 2.63 bits per heavy atom. The summed E-state index contributed by atoms with van der Waals surface area (Å²) >= 11 is 0. The summed E-state index contributed by atoms with van der Waals surface area (Å²) in [5.41, 5.74) is 0. The standard InChI is InChI=1S/C13H23N3O2S/c1-5-10(2)8-11(3)16-19(17,18)12-6-7-15-13(9-12)14-4/h6-7,9-11,16H,5,8H2,1-4H3,(H,14,15). The fourth-order valence-corrected chi connectivity index (χ4v) is 3.14. The fourth-order valence-electron chi connectivity index (χ4n) is 1.87. The van der Waals surface area contributed by atoms with E-state index in [4.69, 9.17) is 0 Å². The van der Waals surface area contributed by atoms with E-state index in [-0.39, 0.29) is 10.9 Å². The number of hydrogen-bond acceptors (Lipinski definition) is 4. The minimum Gasteiger partial charge on any atom is -0.373 e. The van der Waals surface area contributed by atoms with Gasteiger partial charge in [0.2, 0.25) is 10.0 Å². The van der Waals surface area contributed by atoms with Crippen molar-refractivity contribution >= 4 is 15.8 Å². The molecule has 2 N–H and O–H groups in total. The average molecular weight is 285 g/mol. The minimum atomic E-state index is -3.48. The van der Waals surface area contributed by atoms with Gasteiger partial charge in [-0.2, -0.15) is 0 Å². The molecule has 0 aliphatic heterocycles. The molecule has 1 aromatic rings. The molecule has 2 atom stereocenters. The van der Waals surface area contributed by atoms with Crippen molar-refractivity contribution in [3.05, 3.63) is 18.3 Å². The third kappa shape index (κ3) is 4.80. The first-order chi connectivity index (χ1) is 8.89. The number of aromatic nitrogens is 1. The Kier molecular flexibility index (Phi) is 5.75. The Balaban J connectivity index is 2.80. The van der Waals surface area contributed by atoms with Gasteiger partial charge in [0, 0.05) is 25.4 Å². The van der Waals surface area contributed by atoms with Gasteiger partial charge in [0.1, 0.15) is 5.82 Å². The minimum absolute atomic E-state index is 0.0776. The molecule has 1 aromatic heterocycles. The molecule has 0 aromatic carbocycles. The van der Waals surface area contributed by atoms with E-state index in [1.165, 1.54) is 18.3 Å². The van der Waals surface area contributed by atoms with Gasteiger partial charge in [0.15, 0.2) is 0 Å². The molecule has 0 saturated carbocycles. The second kappa shape index (κ2) is 6.86. The summed E-state index contributed by atoms with van der Waals surface area (Å²) < 4.78 is 27.1. The van der Waals surface area contributed by atoms with E-state index in [0.29, 0.717) is 11.7 Å². The molecule has 108 valence electrons. The van der Waals surface area contributed by atoms with Crippen LogP contribution in [0.25, 0.3) is 0 Å². The Morgan fingerprint density at radius 2 is 2.05 bits per heavy atom. The number of anilines is 1. The largest absolute Gasteiger partial charge is 0.373 e. The summed E-state index contributed by atoms with van der Waals surface area (Å²) in [6.45, 7) is 6.12. The Labute approximate surface area is 115 Å². The van der Waals surface area contributed by atoms with Crippen molar-refractivity contribution in [2.24, 2.45) is 5.92 Å². The number of rotatable bonds is 7. The van der Waals surface area contributed by atoms with E-state index in [1.807, 2.05) is 6.92 Å². The lowest BCUT2D eigenvalue weighted by Gasteiger charge is -2.17. The highest BCUT2D eigenvalue weighted by Crippen LogP contribution is 2.15. The van der Waals surface area contributed by atoms with Crippen LogP contribution in [0, 0.1) is 5.92 Å². The SMILES string of the molecule is CCC(C)CC(C)NS(=O)(=O)c1ccnc(NC)c1. The van der Waals surface area contributed by atoms with Gasteiger partial charge in [0.25, 0.3) is 0 Å². The normalized spacial score (nSPS) is 14.9. The maximum atomic E-state index is 12.2. The van der Waals surface area contributed by atoms with E-state index in [2.05, 4.69) is 28.9 Å². The predicted molar refractivity (Wildman–Crippen MR) is 77.6 cm³/mol. The van der Waals surface area contributed by atoms with Crippen molar-refractivity contribution in [2.75, 3.05) is 12.4 Å². The predicted octanol–water partition coefficient (Wildman–Crippen LogP) is 2.23. The Hall–Kier alpha value is -1.14. The maximum absolute atomic E-state index is 12.2. The van der Waals surface area contributed by atoms with E-state index in [0.717, 1.165) is 12.8 Å². The van der Waals surface area contributed by atoms with Gasteiger partial charge in [0.05, 0.1) is 4.90 Å². The summed E-state index contributed by atoms with van der Waals surface area (Å²) in [5, 5.41) is 2.83. The lowest BCUT2D eigenvalue weighted by atomic mass is 10.0. The monoisotopic (exact) mass is 285 g/mol. The lowest BCUT2D eigenvalue weighted by molar-refractivity contribution is 0.445. The number of nitrogens with one attached hydrogen (secondary N) is 2. The molecule has 19 heavy (non-hydrogen) atoms. The van der Waals surface area contributed by atoms with Crippen LogP contribution in [0.4, 0.5) is 5.82 Å². The third-order valence-electron chi connectivity index (χ3n) is 3.11. The molecule has 0 saturated heterocycles. The van der Waals surface area contributed by atoms with Gasteiger partial charge in [-0.25, -0.2) is 18.1 Å². The van der Waals surface area contributed by atoms with Crippen LogP contribution < -0.4 is 10.0 Å². The molecule has 0 aliphatic rings. The average Bonchev–Trinajstić information content (AvgIpc) is 2.37. The Morgan fingerprint density at radius 1 is 1.37 bits per heavy atom. The van der Waals surface area contributed by atoms with Crippen LogP contribution >= 0.6 is 0 Å². The van der Waals surface area contributed by atoms with Crippen molar-refractivity contribution < 1.29 is 8.42 Å². The molecule has 0 amide bonds. The van der Waals surface area contributed by atoms with E-state index in [1.54, 1.807) is 7.05 Å². The Bertz CT molecular complexity index is 502. The topological polar surface area (TPSA) is 71.1 Å². The van der Waals surface area contributed by atoms with Crippen LogP contribution in [-0.2, 0) is 10.0 Å². The van der Waals surface area contributed by atoms with Crippen LogP contribution in [-0.4, -0.2) is 26.5 Å². The maximum Gasteiger partial charge on any atom is 0.240 e. The van der Waals surface area contributed by atoms with Crippen LogP contribution in [0.5, 0.6) is 0 Å². The summed E-state index contributed by atoms with van der Waals surface area (Å²) in [6, 6.07) is 2.95. The molecular weight excluding hydrogens is 262 g/mol. The molecule has 0 radical (unpaired) electrons. The zero-order valence-electron chi connectivity index (χ0n) is 12.0. The molecule has 0 bridgehead atoms. The van der Waals surface area contributed by atoms with Crippen LogP contribution in [0.15, 0.2) is 23.2 Å². The molecule has 2 unspecified atom stereocenters. The summed E-state index contributed by atoms with van der Waals surface area (Å²) in [7, 11) is -1.77. The van der Waals surface area contributed by atoms with Crippen molar-refractivity contribution in [1.82, 2.24) is 9.71 Å². The van der Waals surface area contributed by atoms with Crippen molar-refractivity contribution in [3.63, 3.8) is 0 Å². The van der Waals surface area contributed by atoms with Gasteiger partial charge in [-0.1, -0.05) is 20.3 Å². The quantitative estimate of drug-likeness (QED) is 0.806. The van der Waals surface area contributed by atoms with Crippen LogP contribution in [0.2, 0.25) is 0 Å². The molecule has 1 rings (SSSR count). The van der Waals surface area contributed by atoms with Crippen molar-refractivity contribution in [3.8, 4) is 0 Å². The lowest BCUT2D eigenvalue weighted by Crippen LogP contribution is -2.33. The number of nitrogens with zero attached hydrogens (tertiary/aromatic N) is 1. The molecular formula is C13H23N3O2S. The van der Waals surface area contributed by atoms with E-state index < -0.39 is 10.0 Å². The highest BCUT2D eigenvalue weighted by molar-refractivity contribution is 7.89. The van der Waals surface area contributed by atoms with Gasteiger partial charge in [-0.3, -0.25) is 0 Å². The first-order valence-corrected chi connectivity index (χ1v) is 8.03. The van der Waals surface area contributed by atoms with E-state index >= 15 is 0 Å². The highest BCUT2D eigenvalue weighted by Gasteiger charge is 2.18.